The van der Waals surface area contributed by atoms with Crippen LogP contribution in [0.5, 0.6) is 0 Å². The van der Waals surface area contributed by atoms with Crippen molar-refractivity contribution in [3.63, 3.8) is 0 Å². The van der Waals surface area contributed by atoms with E-state index in [0.29, 0.717) is 26.2 Å². The highest BCUT2D eigenvalue weighted by Gasteiger charge is 2.50. The first kappa shape index (κ1) is 20.6. The van der Waals surface area contributed by atoms with Crippen molar-refractivity contribution < 1.29 is 14.7 Å². The van der Waals surface area contributed by atoms with Crippen LogP contribution in [-0.4, -0.2) is 16.8 Å². The van der Waals surface area contributed by atoms with Crippen LogP contribution < -0.4 is 4.90 Å². The molecule has 1 N–H and O–H groups in total. The number of anilines is 1. The van der Waals surface area contributed by atoms with Gasteiger partial charge in [0, 0.05) is 5.56 Å². The number of hydrogen-bond acceptors (Lipinski definition) is 4. The van der Waals surface area contributed by atoms with Gasteiger partial charge in [0.1, 0.15) is 0 Å². The molecule has 3 aromatic rings. The second kappa shape index (κ2) is 7.85. The minimum Gasteiger partial charge on any atom is -0.375 e. The summed E-state index contributed by atoms with van der Waals surface area (Å²) in [6.45, 7) is 0.202. The first-order valence-electron chi connectivity index (χ1n) is 8.66. The monoisotopic (exact) mass is 509 g/mol. The van der Waals surface area contributed by atoms with Crippen LogP contribution in [0.4, 0.5) is 5.69 Å². The van der Waals surface area contributed by atoms with E-state index in [1.807, 2.05) is 0 Å². The van der Waals surface area contributed by atoms with Gasteiger partial charge in [-0.3, -0.25) is 9.59 Å². The summed E-state index contributed by atoms with van der Waals surface area (Å²) in [5.74, 6) is -0.823. The summed E-state index contributed by atoms with van der Waals surface area (Å²) in [7, 11) is 0. The predicted octanol–water partition coefficient (Wildman–Crippen LogP) is 5.82. The highest BCUT2D eigenvalue weighted by atomic mass is 79.9. The van der Waals surface area contributed by atoms with Gasteiger partial charge in [-0.2, -0.15) is 0 Å². The Morgan fingerprint density at radius 3 is 2.55 bits per heavy atom. The number of carbonyl (C=O) groups is 2. The fourth-order valence-electron chi connectivity index (χ4n) is 3.44. The lowest BCUT2D eigenvalue weighted by Gasteiger charge is -2.22. The molecule has 1 amide bonds. The number of para-hydroxylation sites is 1. The predicted molar refractivity (Wildman–Crippen MR) is 119 cm³/mol. The van der Waals surface area contributed by atoms with Gasteiger partial charge in [0.2, 0.25) is 0 Å². The van der Waals surface area contributed by atoms with E-state index in [9.17, 15) is 14.7 Å². The molecular weight excluding hydrogens is 497 g/mol. The third-order valence-corrected chi connectivity index (χ3v) is 7.23. The topological polar surface area (TPSA) is 57.6 Å². The minimum atomic E-state index is -1.92. The van der Waals surface area contributed by atoms with Crippen molar-refractivity contribution in [2.24, 2.45) is 0 Å². The highest BCUT2D eigenvalue weighted by Crippen LogP contribution is 2.44. The summed E-state index contributed by atoms with van der Waals surface area (Å²) in [6, 6.07) is 15.5. The van der Waals surface area contributed by atoms with Gasteiger partial charge in [-0.05, 0) is 51.8 Å². The van der Waals surface area contributed by atoms with Crippen LogP contribution >= 0.6 is 50.5 Å². The number of aliphatic hydroxyl groups is 1. The molecule has 2 aromatic carbocycles. The van der Waals surface area contributed by atoms with Gasteiger partial charge < -0.3 is 10.0 Å². The molecule has 1 atom stereocenters. The maximum absolute atomic E-state index is 13.3. The van der Waals surface area contributed by atoms with Gasteiger partial charge in [0.15, 0.2) is 11.4 Å². The Bertz CT molecular complexity index is 1130. The normalized spacial score (nSPS) is 18.2. The number of nitrogens with zero attached hydrogens (tertiary/aromatic N) is 1. The first-order chi connectivity index (χ1) is 13.8. The number of halogens is 3. The standard InChI is InChI=1S/C21H14BrCl2NO3S/c22-19-8-7-18(29-19)17(26)10-21(28)13-3-1-2-4-16(13)25(20(21)27)11-12-5-6-14(23)15(24)9-12/h1-9,28H,10-11H2. The van der Waals surface area contributed by atoms with Crippen LogP contribution in [0.3, 0.4) is 0 Å². The van der Waals surface area contributed by atoms with Crippen LogP contribution in [0.15, 0.2) is 58.4 Å². The van der Waals surface area contributed by atoms with Crippen molar-refractivity contribution in [3.05, 3.63) is 84.4 Å². The fraction of sp³-hybridized carbons (Fsp3) is 0.143. The van der Waals surface area contributed by atoms with E-state index in [2.05, 4.69) is 15.9 Å². The lowest BCUT2D eigenvalue weighted by molar-refractivity contribution is -0.136. The number of hydrogen-bond donors (Lipinski definition) is 1. The van der Waals surface area contributed by atoms with Gasteiger partial charge in [-0.15, -0.1) is 11.3 Å². The highest BCUT2D eigenvalue weighted by molar-refractivity contribution is 9.11. The molecule has 2 heterocycles. The van der Waals surface area contributed by atoms with Gasteiger partial charge in [-0.1, -0.05) is 47.5 Å². The maximum Gasteiger partial charge on any atom is 0.264 e. The summed E-state index contributed by atoms with van der Waals surface area (Å²) < 4.78 is 0.812. The zero-order chi connectivity index (χ0) is 20.8. The minimum absolute atomic E-state index is 0.202. The Kier molecular flexibility index (Phi) is 5.57. The van der Waals surface area contributed by atoms with Crippen LogP contribution in [0.25, 0.3) is 0 Å². The Labute approximate surface area is 189 Å². The Balaban J connectivity index is 1.68. The number of thiophene rings is 1. The lowest BCUT2D eigenvalue weighted by atomic mass is 9.89. The van der Waals surface area contributed by atoms with E-state index in [0.717, 1.165) is 9.35 Å². The molecule has 0 saturated heterocycles. The van der Waals surface area contributed by atoms with E-state index >= 15 is 0 Å². The third-order valence-electron chi connectivity index (χ3n) is 4.83. The van der Waals surface area contributed by atoms with Gasteiger partial charge in [-0.25, -0.2) is 0 Å². The molecule has 0 spiro atoms. The molecule has 4 rings (SSSR count). The number of carbonyl (C=O) groups excluding carboxylic acids is 2. The fourth-order valence-corrected chi connectivity index (χ4v) is 5.08. The van der Waals surface area contributed by atoms with Crippen LogP contribution in [0, 0.1) is 0 Å². The molecule has 29 heavy (non-hydrogen) atoms. The lowest BCUT2D eigenvalue weighted by Crippen LogP contribution is -2.41. The molecule has 0 fully saturated rings. The molecule has 0 saturated carbocycles. The number of Topliss-reactive ketones (excluding diaryl/α,β-unsaturated/α-hetero) is 1. The largest absolute Gasteiger partial charge is 0.375 e. The van der Waals surface area contributed by atoms with Crippen LogP contribution in [0.2, 0.25) is 10.0 Å². The number of ketones is 1. The zero-order valence-electron chi connectivity index (χ0n) is 14.9. The van der Waals surface area contributed by atoms with Gasteiger partial charge in [0.05, 0.1) is 37.4 Å². The molecule has 1 aliphatic rings. The number of fused-ring (bicyclic) bond motifs is 1. The molecule has 1 aliphatic heterocycles. The first-order valence-corrected chi connectivity index (χ1v) is 11.0. The molecule has 0 aliphatic carbocycles. The summed E-state index contributed by atoms with van der Waals surface area (Å²) in [5.41, 5.74) is -0.152. The molecule has 1 unspecified atom stereocenters. The summed E-state index contributed by atoms with van der Waals surface area (Å²) in [4.78, 5) is 28.0. The van der Waals surface area contributed by atoms with Crippen molar-refractivity contribution in [1.29, 1.82) is 0 Å². The molecule has 4 nitrogen and oxygen atoms in total. The second-order valence-electron chi connectivity index (χ2n) is 6.72. The SMILES string of the molecule is O=C(CC1(O)C(=O)N(Cc2ccc(Cl)c(Cl)c2)c2ccccc21)c1ccc(Br)s1. The number of amides is 1. The van der Waals surface area contributed by atoms with Crippen LogP contribution in [0.1, 0.15) is 27.2 Å². The molecule has 148 valence electrons. The summed E-state index contributed by atoms with van der Waals surface area (Å²) in [6.07, 6.45) is -0.326. The molecular formula is C21H14BrCl2NO3S. The Morgan fingerprint density at radius 2 is 1.86 bits per heavy atom. The third kappa shape index (κ3) is 3.76. The smallest absolute Gasteiger partial charge is 0.264 e. The molecule has 1 aromatic heterocycles. The van der Waals surface area contributed by atoms with Crippen molar-refractivity contribution in [1.82, 2.24) is 0 Å². The average Bonchev–Trinajstić information content (AvgIpc) is 3.21. The zero-order valence-corrected chi connectivity index (χ0v) is 18.8. The van der Waals surface area contributed by atoms with Crippen LogP contribution in [-0.2, 0) is 16.9 Å². The van der Waals surface area contributed by atoms with Crippen molar-refractivity contribution >= 4 is 67.8 Å². The van der Waals surface area contributed by atoms with Crippen molar-refractivity contribution in [2.75, 3.05) is 4.90 Å². The average molecular weight is 511 g/mol. The van der Waals surface area contributed by atoms with Gasteiger partial charge >= 0.3 is 0 Å². The van der Waals surface area contributed by atoms with Crippen molar-refractivity contribution in [2.45, 2.75) is 18.6 Å². The van der Waals surface area contributed by atoms with E-state index in [1.54, 1.807) is 54.6 Å². The molecule has 8 heteroatoms. The van der Waals surface area contributed by atoms with E-state index in [-0.39, 0.29) is 18.7 Å². The Morgan fingerprint density at radius 1 is 1.10 bits per heavy atom. The Hall–Kier alpha value is -1.70. The van der Waals surface area contributed by atoms with E-state index in [4.69, 9.17) is 23.2 Å². The summed E-state index contributed by atoms with van der Waals surface area (Å²) in [5, 5.41) is 12.1. The maximum atomic E-state index is 13.3. The molecule has 0 bridgehead atoms. The van der Waals surface area contributed by atoms with Gasteiger partial charge in [0.25, 0.3) is 5.91 Å². The number of rotatable bonds is 5. The number of benzene rings is 2. The van der Waals surface area contributed by atoms with E-state index < -0.39 is 11.5 Å². The quantitative estimate of drug-likeness (QED) is 0.439. The molecule has 0 radical (unpaired) electrons. The van der Waals surface area contributed by atoms with E-state index in [1.165, 1.54) is 16.2 Å². The van der Waals surface area contributed by atoms with Crippen molar-refractivity contribution in [3.8, 4) is 0 Å². The summed E-state index contributed by atoms with van der Waals surface area (Å²) >= 11 is 16.7. The second-order valence-corrected chi connectivity index (χ2v) is 10.00.